The average molecular weight is 270 g/mol. The van der Waals surface area contributed by atoms with E-state index < -0.39 is 17.8 Å². The van der Waals surface area contributed by atoms with Crippen LogP contribution < -0.4 is 10.6 Å². The number of benzene rings is 1. The molecule has 0 aliphatic rings. The number of rotatable bonds is 5. The first-order chi connectivity index (χ1) is 8.93. The molecule has 0 saturated carbocycles. The number of anilines is 1. The highest BCUT2D eigenvalue weighted by Gasteiger charge is 2.12. The van der Waals surface area contributed by atoms with Crippen LogP contribution in [0, 0.1) is 5.82 Å². The van der Waals surface area contributed by atoms with Crippen LogP contribution >= 0.6 is 0 Å². The minimum absolute atomic E-state index is 0.110. The van der Waals surface area contributed by atoms with Gasteiger partial charge in [0.15, 0.2) is 0 Å². The molecule has 6 nitrogen and oxygen atoms in total. The molecule has 0 aromatic heterocycles. The second-order valence-corrected chi connectivity index (χ2v) is 3.95. The van der Waals surface area contributed by atoms with Crippen molar-refractivity contribution in [1.82, 2.24) is 5.32 Å². The summed E-state index contributed by atoms with van der Waals surface area (Å²) >= 11 is 0. The lowest BCUT2D eigenvalue weighted by Crippen LogP contribution is -2.38. The maximum atomic E-state index is 13.4. The van der Waals surface area contributed by atoms with E-state index in [0.717, 1.165) is 18.2 Å². The third kappa shape index (κ3) is 4.55. The summed E-state index contributed by atoms with van der Waals surface area (Å²) in [5.74, 6) is -1.91. The topological polar surface area (TPSA) is 87.7 Å². The number of ether oxygens (including phenoxy) is 1. The average Bonchev–Trinajstić information content (AvgIpc) is 2.31. The fraction of sp³-hybridized carbons (Fsp3) is 0.333. The molecule has 2 amide bonds. The Bertz CT molecular complexity index is 479. The largest absolute Gasteiger partial charge is 0.478 e. The highest BCUT2D eigenvalue weighted by atomic mass is 19.1. The summed E-state index contributed by atoms with van der Waals surface area (Å²) in [5, 5.41) is 13.5. The molecule has 0 aliphatic carbocycles. The fourth-order valence-corrected chi connectivity index (χ4v) is 1.43. The minimum atomic E-state index is -1.20. The molecule has 1 unspecified atom stereocenters. The van der Waals surface area contributed by atoms with Gasteiger partial charge in [-0.05, 0) is 25.1 Å². The van der Waals surface area contributed by atoms with E-state index in [-0.39, 0.29) is 17.3 Å². The van der Waals surface area contributed by atoms with E-state index >= 15 is 0 Å². The molecule has 104 valence electrons. The van der Waals surface area contributed by atoms with Crippen LogP contribution in [-0.2, 0) is 4.74 Å². The zero-order valence-corrected chi connectivity index (χ0v) is 10.6. The molecule has 0 bridgehead atoms. The molecule has 0 aliphatic heterocycles. The summed E-state index contributed by atoms with van der Waals surface area (Å²) < 4.78 is 18.3. The van der Waals surface area contributed by atoms with Crippen LogP contribution in [-0.4, -0.2) is 36.9 Å². The summed E-state index contributed by atoms with van der Waals surface area (Å²) in [5.41, 5.74) is -0.302. The molecule has 3 N–H and O–H groups in total. The second kappa shape index (κ2) is 6.69. The maximum Gasteiger partial charge on any atom is 0.335 e. The smallest absolute Gasteiger partial charge is 0.335 e. The number of hydrogen-bond donors (Lipinski definition) is 3. The van der Waals surface area contributed by atoms with E-state index in [4.69, 9.17) is 9.84 Å². The third-order valence-corrected chi connectivity index (χ3v) is 2.26. The Morgan fingerprint density at radius 2 is 2.16 bits per heavy atom. The van der Waals surface area contributed by atoms with E-state index in [1.165, 1.54) is 7.11 Å². The van der Waals surface area contributed by atoms with Crippen LogP contribution in [0.4, 0.5) is 14.9 Å². The normalized spacial score (nSPS) is 11.7. The molecular formula is C12H15FN2O4. The van der Waals surface area contributed by atoms with Gasteiger partial charge in [0.2, 0.25) is 0 Å². The first-order valence-electron chi connectivity index (χ1n) is 5.53. The van der Waals surface area contributed by atoms with Gasteiger partial charge in [0.1, 0.15) is 5.82 Å². The van der Waals surface area contributed by atoms with Crippen molar-refractivity contribution in [3.05, 3.63) is 29.6 Å². The summed E-state index contributed by atoms with van der Waals surface area (Å²) in [4.78, 5) is 22.3. The maximum absolute atomic E-state index is 13.4. The number of methoxy groups -OCH3 is 1. The van der Waals surface area contributed by atoms with Crippen molar-refractivity contribution in [2.24, 2.45) is 0 Å². The number of carbonyl (C=O) groups excluding carboxylic acids is 1. The van der Waals surface area contributed by atoms with Gasteiger partial charge in [-0.15, -0.1) is 0 Å². The van der Waals surface area contributed by atoms with Crippen LogP contribution in [0.15, 0.2) is 18.2 Å². The van der Waals surface area contributed by atoms with E-state index in [1.807, 2.05) is 0 Å². The van der Waals surface area contributed by atoms with Gasteiger partial charge in [-0.25, -0.2) is 14.0 Å². The number of carbonyl (C=O) groups is 2. The van der Waals surface area contributed by atoms with Crippen LogP contribution in [0.2, 0.25) is 0 Å². The Balaban J connectivity index is 2.73. The molecule has 0 radical (unpaired) electrons. The van der Waals surface area contributed by atoms with Crippen LogP contribution in [0.25, 0.3) is 0 Å². The van der Waals surface area contributed by atoms with Gasteiger partial charge in [-0.1, -0.05) is 0 Å². The Morgan fingerprint density at radius 1 is 1.47 bits per heavy atom. The van der Waals surface area contributed by atoms with Gasteiger partial charge < -0.3 is 20.5 Å². The van der Waals surface area contributed by atoms with Gasteiger partial charge in [-0.3, -0.25) is 0 Å². The van der Waals surface area contributed by atoms with Gasteiger partial charge in [0.25, 0.3) is 0 Å². The van der Waals surface area contributed by atoms with Crippen molar-refractivity contribution in [1.29, 1.82) is 0 Å². The standard InChI is InChI=1S/C12H15FN2O4/c1-7(6-19-2)14-12(18)15-10-5-8(11(16)17)3-4-9(10)13/h3-5,7H,6H2,1-2H3,(H,16,17)(H2,14,15,18). The highest BCUT2D eigenvalue weighted by Crippen LogP contribution is 2.16. The van der Waals surface area contributed by atoms with E-state index in [9.17, 15) is 14.0 Å². The first-order valence-corrected chi connectivity index (χ1v) is 5.53. The number of amides is 2. The SMILES string of the molecule is COCC(C)NC(=O)Nc1cc(C(=O)O)ccc1F. The third-order valence-electron chi connectivity index (χ3n) is 2.26. The van der Waals surface area contributed by atoms with Crippen molar-refractivity contribution in [3.63, 3.8) is 0 Å². The molecule has 0 spiro atoms. The van der Waals surface area contributed by atoms with Gasteiger partial charge >= 0.3 is 12.0 Å². The molecule has 1 aromatic carbocycles. The second-order valence-electron chi connectivity index (χ2n) is 3.95. The summed E-state index contributed by atoms with van der Waals surface area (Å²) in [6.07, 6.45) is 0. The predicted molar refractivity (Wildman–Crippen MR) is 66.9 cm³/mol. The van der Waals surface area contributed by atoms with Crippen LogP contribution in [0.5, 0.6) is 0 Å². The molecular weight excluding hydrogens is 255 g/mol. The molecule has 7 heteroatoms. The number of hydrogen-bond acceptors (Lipinski definition) is 3. The molecule has 1 rings (SSSR count). The number of aromatic carboxylic acids is 1. The first kappa shape index (κ1) is 14.9. The molecule has 0 fully saturated rings. The number of nitrogens with one attached hydrogen (secondary N) is 2. The lowest BCUT2D eigenvalue weighted by atomic mass is 10.2. The van der Waals surface area contributed by atoms with E-state index in [0.29, 0.717) is 6.61 Å². The predicted octanol–water partition coefficient (Wildman–Crippen LogP) is 1.68. The van der Waals surface area contributed by atoms with Crippen LogP contribution in [0.3, 0.4) is 0 Å². The molecule has 1 atom stereocenters. The van der Waals surface area contributed by atoms with Crippen molar-refractivity contribution >= 4 is 17.7 Å². The molecule has 0 heterocycles. The zero-order valence-electron chi connectivity index (χ0n) is 10.6. The van der Waals surface area contributed by atoms with Crippen molar-refractivity contribution < 1.29 is 23.8 Å². The van der Waals surface area contributed by atoms with E-state index in [2.05, 4.69) is 10.6 Å². The molecule has 0 saturated heterocycles. The van der Waals surface area contributed by atoms with Crippen molar-refractivity contribution in [2.75, 3.05) is 19.0 Å². The monoisotopic (exact) mass is 270 g/mol. The quantitative estimate of drug-likeness (QED) is 0.759. The van der Waals surface area contributed by atoms with Crippen molar-refractivity contribution in [2.45, 2.75) is 13.0 Å². The summed E-state index contributed by atoms with van der Waals surface area (Å²) in [6, 6.07) is 2.27. The summed E-state index contributed by atoms with van der Waals surface area (Å²) in [7, 11) is 1.49. The Hall–Kier alpha value is -2.15. The Morgan fingerprint density at radius 3 is 2.74 bits per heavy atom. The summed E-state index contributed by atoms with van der Waals surface area (Å²) in [6.45, 7) is 2.03. The highest BCUT2D eigenvalue weighted by molar-refractivity contribution is 5.93. The van der Waals surface area contributed by atoms with Crippen molar-refractivity contribution in [3.8, 4) is 0 Å². The fourth-order valence-electron chi connectivity index (χ4n) is 1.43. The number of urea groups is 1. The van der Waals surface area contributed by atoms with Crippen LogP contribution in [0.1, 0.15) is 17.3 Å². The minimum Gasteiger partial charge on any atom is -0.478 e. The number of carboxylic acids is 1. The van der Waals surface area contributed by atoms with Gasteiger partial charge in [0, 0.05) is 7.11 Å². The molecule has 19 heavy (non-hydrogen) atoms. The number of halogens is 1. The zero-order chi connectivity index (χ0) is 14.4. The van der Waals surface area contributed by atoms with Gasteiger partial charge in [-0.2, -0.15) is 0 Å². The number of carboxylic acid groups (broad SMARTS) is 1. The Kier molecular flexibility index (Phi) is 5.25. The Labute approximate surface area is 109 Å². The lowest BCUT2D eigenvalue weighted by Gasteiger charge is -2.14. The lowest BCUT2D eigenvalue weighted by molar-refractivity contribution is 0.0697. The van der Waals surface area contributed by atoms with Gasteiger partial charge in [0.05, 0.1) is 23.9 Å². The molecule has 1 aromatic rings. The van der Waals surface area contributed by atoms with E-state index in [1.54, 1.807) is 6.92 Å².